The quantitative estimate of drug-likeness (QED) is 0.719. The van der Waals surface area contributed by atoms with Crippen LogP contribution in [0.2, 0.25) is 0 Å². The van der Waals surface area contributed by atoms with Crippen LogP contribution in [0.25, 0.3) is 21.3 Å². The zero-order chi connectivity index (χ0) is 19.7. The highest BCUT2D eigenvalue weighted by atomic mass is 32.1. The van der Waals surface area contributed by atoms with Gasteiger partial charge in [0.15, 0.2) is 0 Å². The van der Waals surface area contributed by atoms with E-state index in [9.17, 15) is 4.79 Å². The van der Waals surface area contributed by atoms with Crippen LogP contribution >= 0.6 is 11.3 Å². The minimum absolute atomic E-state index is 0.0735. The number of aromatic nitrogens is 3. The highest BCUT2D eigenvalue weighted by molar-refractivity contribution is 7.14. The molecule has 1 amide bonds. The van der Waals surface area contributed by atoms with E-state index < -0.39 is 0 Å². The standard InChI is InChI=1S/C21H25N5OS/c1-13-24-25-21(28-13)15-4-5-16-12-22-19(11-17(16)10-15)23-20(27)14-6-8-18(9-7-14)26(2)3/h4-5,10-12,14,18H,6-9H2,1-3H3,(H,22,23,27). The number of hydrogen-bond acceptors (Lipinski definition) is 6. The second-order valence-electron chi connectivity index (χ2n) is 7.72. The SMILES string of the molecule is Cc1nnc(-c2ccc3cnc(NC(=O)C4CCC(N(C)C)CC4)cc3c2)s1. The third-order valence-electron chi connectivity index (χ3n) is 5.54. The van der Waals surface area contributed by atoms with Gasteiger partial charge in [-0.05, 0) is 64.2 Å². The van der Waals surface area contributed by atoms with Crippen molar-refractivity contribution in [2.24, 2.45) is 5.92 Å². The number of rotatable bonds is 4. The summed E-state index contributed by atoms with van der Waals surface area (Å²) < 4.78 is 0. The van der Waals surface area contributed by atoms with Crippen LogP contribution in [0.3, 0.4) is 0 Å². The molecule has 1 saturated carbocycles. The topological polar surface area (TPSA) is 71.0 Å². The first kappa shape index (κ1) is 19.0. The molecule has 146 valence electrons. The summed E-state index contributed by atoms with van der Waals surface area (Å²) in [6, 6.07) is 8.67. The number of nitrogens with one attached hydrogen (secondary N) is 1. The molecule has 6 nitrogen and oxygen atoms in total. The van der Waals surface area contributed by atoms with Gasteiger partial charge in [-0.1, -0.05) is 23.5 Å². The molecule has 0 saturated heterocycles. The van der Waals surface area contributed by atoms with Gasteiger partial charge < -0.3 is 10.2 Å². The van der Waals surface area contributed by atoms with E-state index in [0.717, 1.165) is 52.0 Å². The van der Waals surface area contributed by atoms with Gasteiger partial charge in [-0.25, -0.2) is 4.98 Å². The molecule has 0 atom stereocenters. The Hall–Kier alpha value is -2.38. The predicted octanol–water partition coefficient (Wildman–Crippen LogP) is 4.12. The van der Waals surface area contributed by atoms with Crippen LogP contribution in [0, 0.1) is 12.8 Å². The number of benzene rings is 1. The van der Waals surface area contributed by atoms with Gasteiger partial charge in [0, 0.05) is 29.1 Å². The van der Waals surface area contributed by atoms with E-state index in [4.69, 9.17) is 0 Å². The summed E-state index contributed by atoms with van der Waals surface area (Å²) >= 11 is 1.57. The second-order valence-corrected chi connectivity index (χ2v) is 8.90. The normalized spacial score (nSPS) is 19.9. The lowest BCUT2D eigenvalue weighted by atomic mass is 9.85. The summed E-state index contributed by atoms with van der Waals surface area (Å²) in [4.78, 5) is 19.4. The van der Waals surface area contributed by atoms with E-state index in [-0.39, 0.29) is 11.8 Å². The van der Waals surface area contributed by atoms with Crippen molar-refractivity contribution in [2.45, 2.75) is 38.6 Å². The Morgan fingerprint density at radius 1 is 1.11 bits per heavy atom. The molecular weight excluding hydrogens is 370 g/mol. The minimum Gasteiger partial charge on any atom is -0.310 e. The number of pyridine rings is 1. The van der Waals surface area contributed by atoms with Crippen LogP contribution < -0.4 is 5.32 Å². The van der Waals surface area contributed by atoms with E-state index in [1.807, 2.05) is 31.3 Å². The number of carbonyl (C=O) groups excluding carboxylic acids is 1. The largest absolute Gasteiger partial charge is 0.310 e. The summed E-state index contributed by atoms with van der Waals surface area (Å²) in [6.45, 7) is 1.95. The zero-order valence-corrected chi connectivity index (χ0v) is 17.3. The van der Waals surface area contributed by atoms with Crippen molar-refractivity contribution < 1.29 is 4.79 Å². The first-order valence-electron chi connectivity index (χ1n) is 9.67. The fraction of sp³-hybridized carbons (Fsp3) is 0.429. The van der Waals surface area contributed by atoms with Gasteiger partial charge in [0.05, 0.1) is 0 Å². The van der Waals surface area contributed by atoms with Crippen molar-refractivity contribution in [1.29, 1.82) is 0 Å². The molecule has 2 aromatic heterocycles. The Bertz CT molecular complexity index is 991. The Morgan fingerprint density at radius 3 is 2.57 bits per heavy atom. The number of anilines is 1. The summed E-state index contributed by atoms with van der Waals surface area (Å²) in [6.07, 6.45) is 5.82. The molecule has 1 aliphatic carbocycles. The van der Waals surface area contributed by atoms with E-state index in [2.05, 4.69) is 45.6 Å². The fourth-order valence-corrected chi connectivity index (χ4v) is 4.53. The molecule has 28 heavy (non-hydrogen) atoms. The smallest absolute Gasteiger partial charge is 0.228 e. The van der Waals surface area contributed by atoms with E-state index in [1.54, 1.807) is 11.3 Å². The van der Waals surface area contributed by atoms with Gasteiger partial charge in [-0.3, -0.25) is 4.79 Å². The Kier molecular flexibility index (Phi) is 5.37. The monoisotopic (exact) mass is 395 g/mol. The van der Waals surface area contributed by atoms with Gasteiger partial charge in [0.1, 0.15) is 15.8 Å². The lowest BCUT2D eigenvalue weighted by Gasteiger charge is -2.31. The molecule has 3 aromatic rings. The lowest BCUT2D eigenvalue weighted by molar-refractivity contribution is -0.121. The lowest BCUT2D eigenvalue weighted by Crippen LogP contribution is -2.35. The van der Waals surface area contributed by atoms with Crippen LogP contribution in [0.15, 0.2) is 30.5 Å². The summed E-state index contributed by atoms with van der Waals surface area (Å²) in [5.41, 5.74) is 1.03. The molecule has 1 fully saturated rings. The highest BCUT2D eigenvalue weighted by Gasteiger charge is 2.27. The maximum atomic E-state index is 12.7. The van der Waals surface area contributed by atoms with Crippen molar-refractivity contribution in [3.63, 3.8) is 0 Å². The van der Waals surface area contributed by atoms with E-state index in [1.165, 1.54) is 0 Å². The molecule has 0 unspecified atom stereocenters. The maximum Gasteiger partial charge on any atom is 0.228 e. The van der Waals surface area contributed by atoms with Crippen LogP contribution in [0.5, 0.6) is 0 Å². The van der Waals surface area contributed by atoms with Crippen molar-refractivity contribution in [3.8, 4) is 10.6 Å². The molecule has 0 spiro atoms. The van der Waals surface area contributed by atoms with E-state index >= 15 is 0 Å². The summed E-state index contributed by atoms with van der Waals surface area (Å²) in [5.74, 6) is 0.766. The first-order valence-corrected chi connectivity index (χ1v) is 10.5. The van der Waals surface area contributed by atoms with Crippen molar-refractivity contribution in [2.75, 3.05) is 19.4 Å². The molecule has 7 heteroatoms. The summed E-state index contributed by atoms with van der Waals surface area (Å²) in [7, 11) is 4.23. The third kappa shape index (κ3) is 4.05. The molecule has 0 bridgehead atoms. The predicted molar refractivity (Wildman–Crippen MR) is 113 cm³/mol. The van der Waals surface area contributed by atoms with Crippen LogP contribution in [0.1, 0.15) is 30.7 Å². The number of carbonyl (C=O) groups is 1. The van der Waals surface area contributed by atoms with Crippen molar-refractivity contribution in [1.82, 2.24) is 20.1 Å². The van der Waals surface area contributed by atoms with Crippen molar-refractivity contribution >= 4 is 33.8 Å². The fourth-order valence-electron chi connectivity index (χ4n) is 3.84. The molecule has 2 heterocycles. The molecule has 1 N–H and O–H groups in total. The molecule has 1 aliphatic rings. The second kappa shape index (κ2) is 7.93. The molecule has 4 rings (SSSR count). The van der Waals surface area contributed by atoms with Gasteiger partial charge in [-0.2, -0.15) is 0 Å². The maximum absolute atomic E-state index is 12.7. The average molecular weight is 396 g/mol. The summed E-state index contributed by atoms with van der Waals surface area (Å²) in [5, 5.41) is 15.3. The molecule has 1 aromatic carbocycles. The third-order valence-corrected chi connectivity index (χ3v) is 6.43. The zero-order valence-electron chi connectivity index (χ0n) is 16.5. The van der Waals surface area contributed by atoms with Gasteiger partial charge in [0.2, 0.25) is 5.91 Å². The number of amides is 1. The van der Waals surface area contributed by atoms with Gasteiger partial charge >= 0.3 is 0 Å². The molecule has 0 radical (unpaired) electrons. The van der Waals surface area contributed by atoms with Crippen LogP contribution in [-0.4, -0.2) is 46.1 Å². The number of nitrogens with zero attached hydrogens (tertiary/aromatic N) is 4. The molecular formula is C21H25N5OS. The Balaban J connectivity index is 1.49. The molecule has 0 aliphatic heterocycles. The van der Waals surface area contributed by atoms with Crippen LogP contribution in [-0.2, 0) is 4.79 Å². The van der Waals surface area contributed by atoms with Crippen LogP contribution in [0.4, 0.5) is 5.82 Å². The van der Waals surface area contributed by atoms with E-state index in [0.29, 0.717) is 11.9 Å². The first-order chi connectivity index (χ1) is 13.5. The van der Waals surface area contributed by atoms with Gasteiger partial charge in [-0.15, -0.1) is 10.2 Å². The Labute approximate surface area is 169 Å². The number of aryl methyl sites for hydroxylation is 1. The highest BCUT2D eigenvalue weighted by Crippen LogP contribution is 2.29. The number of hydrogen-bond donors (Lipinski definition) is 1. The Morgan fingerprint density at radius 2 is 1.89 bits per heavy atom. The van der Waals surface area contributed by atoms with Gasteiger partial charge in [0.25, 0.3) is 0 Å². The minimum atomic E-state index is 0.0735. The average Bonchev–Trinajstić information content (AvgIpc) is 3.14. The van der Waals surface area contributed by atoms with Crippen molar-refractivity contribution in [3.05, 3.63) is 35.5 Å². The number of fused-ring (bicyclic) bond motifs is 1.